The largest absolute Gasteiger partial charge is 0.484 e. The molecule has 0 aliphatic carbocycles. The molecular formula is C18H19FN2O3. The van der Waals surface area contributed by atoms with Crippen molar-refractivity contribution in [3.63, 3.8) is 0 Å². The van der Waals surface area contributed by atoms with Gasteiger partial charge in [0.15, 0.2) is 6.61 Å². The zero-order valence-electron chi connectivity index (χ0n) is 13.8. The van der Waals surface area contributed by atoms with Crippen LogP contribution in [0, 0.1) is 26.6 Å². The van der Waals surface area contributed by atoms with Gasteiger partial charge >= 0.3 is 0 Å². The summed E-state index contributed by atoms with van der Waals surface area (Å²) in [5.74, 6) is -1.06. The van der Waals surface area contributed by atoms with Crippen LogP contribution in [0.1, 0.15) is 27.0 Å². The molecule has 0 aliphatic heterocycles. The summed E-state index contributed by atoms with van der Waals surface area (Å²) in [5, 5.41) is 0. The maximum Gasteiger partial charge on any atom is 0.276 e. The smallest absolute Gasteiger partial charge is 0.276 e. The van der Waals surface area contributed by atoms with Crippen LogP contribution in [0.2, 0.25) is 0 Å². The van der Waals surface area contributed by atoms with Crippen LogP contribution in [0.5, 0.6) is 5.75 Å². The van der Waals surface area contributed by atoms with Crippen molar-refractivity contribution in [2.45, 2.75) is 20.8 Å². The minimum Gasteiger partial charge on any atom is -0.484 e. The number of carbonyl (C=O) groups is 2. The number of carbonyl (C=O) groups excluding carboxylic acids is 2. The van der Waals surface area contributed by atoms with Gasteiger partial charge in [0.05, 0.1) is 0 Å². The van der Waals surface area contributed by atoms with Gasteiger partial charge in [-0.2, -0.15) is 0 Å². The van der Waals surface area contributed by atoms with Gasteiger partial charge < -0.3 is 4.74 Å². The van der Waals surface area contributed by atoms with E-state index >= 15 is 0 Å². The molecule has 0 heterocycles. The average molecular weight is 330 g/mol. The van der Waals surface area contributed by atoms with Gasteiger partial charge in [-0.3, -0.25) is 20.4 Å². The SMILES string of the molecule is Cc1ccc(OCC(=O)NNC(=O)c2cc(F)ccc2C)cc1C. The number of hydrogen-bond acceptors (Lipinski definition) is 3. The van der Waals surface area contributed by atoms with Crippen LogP contribution in [0.25, 0.3) is 0 Å². The molecule has 0 bridgehead atoms. The van der Waals surface area contributed by atoms with Crippen molar-refractivity contribution < 1.29 is 18.7 Å². The van der Waals surface area contributed by atoms with Crippen LogP contribution < -0.4 is 15.6 Å². The Hall–Kier alpha value is -2.89. The standard InChI is InChI=1S/C18H19FN2O3/c1-11-5-7-15(8-13(11)3)24-10-17(22)20-21-18(23)16-9-14(19)6-4-12(16)2/h4-9H,10H2,1-3H3,(H,20,22)(H,21,23). The lowest BCUT2D eigenvalue weighted by Gasteiger charge is -2.11. The predicted octanol–water partition coefficient (Wildman–Crippen LogP) is 2.59. The Morgan fingerprint density at radius 3 is 2.38 bits per heavy atom. The summed E-state index contributed by atoms with van der Waals surface area (Å²) in [4.78, 5) is 23.7. The van der Waals surface area contributed by atoms with Crippen LogP contribution in [-0.4, -0.2) is 18.4 Å². The van der Waals surface area contributed by atoms with Gasteiger partial charge in [0.2, 0.25) is 0 Å². The summed E-state index contributed by atoms with van der Waals surface area (Å²) in [7, 11) is 0. The van der Waals surface area contributed by atoms with Crippen molar-refractivity contribution in [1.29, 1.82) is 0 Å². The third-order valence-corrected chi connectivity index (χ3v) is 3.61. The molecule has 6 heteroatoms. The van der Waals surface area contributed by atoms with Gasteiger partial charge in [-0.15, -0.1) is 0 Å². The van der Waals surface area contributed by atoms with Crippen molar-refractivity contribution in [3.8, 4) is 5.75 Å². The zero-order valence-corrected chi connectivity index (χ0v) is 13.8. The molecule has 0 saturated carbocycles. The lowest BCUT2D eigenvalue weighted by molar-refractivity contribution is -0.123. The summed E-state index contributed by atoms with van der Waals surface area (Å²) in [5.41, 5.74) is 7.43. The van der Waals surface area contributed by atoms with E-state index in [2.05, 4.69) is 10.9 Å². The van der Waals surface area contributed by atoms with E-state index in [1.165, 1.54) is 12.1 Å². The van der Waals surface area contributed by atoms with E-state index in [-0.39, 0.29) is 12.2 Å². The third-order valence-electron chi connectivity index (χ3n) is 3.61. The molecule has 0 fully saturated rings. The molecule has 0 aromatic heterocycles. The van der Waals surface area contributed by atoms with Crippen molar-refractivity contribution in [3.05, 3.63) is 64.5 Å². The number of rotatable bonds is 4. The maximum atomic E-state index is 13.2. The molecule has 2 aromatic carbocycles. The summed E-state index contributed by atoms with van der Waals surface area (Å²) in [6, 6.07) is 9.37. The number of hydrazine groups is 1. The van der Waals surface area contributed by atoms with E-state index in [4.69, 9.17) is 4.74 Å². The summed E-state index contributed by atoms with van der Waals surface area (Å²) in [6.07, 6.45) is 0. The van der Waals surface area contributed by atoms with Crippen molar-refractivity contribution in [1.82, 2.24) is 10.9 Å². The Bertz CT molecular complexity index is 775. The molecule has 2 N–H and O–H groups in total. The highest BCUT2D eigenvalue weighted by molar-refractivity contribution is 5.96. The molecule has 0 radical (unpaired) electrons. The Balaban J connectivity index is 1.85. The Kier molecular flexibility index (Phi) is 5.52. The summed E-state index contributed by atoms with van der Waals surface area (Å²) < 4.78 is 18.5. The van der Waals surface area contributed by atoms with Gasteiger partial charge in [-0.05, 0) is 61.7 Å². The van der Waals surface area contributed by atoms with Crippen LogP contribution in [0.4, 0.5) is 4.39 Å². The van der Waals surface area contributed by atoms with E-state index in [1.807, 2.05) is 26.0 Å². The maximum absolute atomic E-state index is 13.2. The van der Waals surface area contributed by atoms with Gasteiger partial charge in [0.1, 0.15) is 11.6 Å². The minimum absolute atomic E-state index is 0.158. The number of amides is 2. The van der Waals surface area contributed by atoms with E-state index in [1.54, 1.807) is 13.0 Å². The number of hydrogen-bond donors (Lipinski definition) is 2. The van der Waals surface area contributed by atoms with Crippen molar-refractivity contribution in [2.24, 2.45) is 0 Å². The number of benzene rings is 2. The fourth-order valence-electron chi connectivity index (χ4n) is 2.02. The van der Waals surface area contributed by atoms with Gasteiger partial charge in [0, 0.05) is 5.56 Å². The number of halogens is 1. The number of ether oxygens (including phenoxy) is 1. The van der Waals surface area contributed by atoms with Crippen LogP contribution in [0.3, 0.4) is 0 Å². The molecule has 2 rings (SSSR count). The molecular weight excluding hydrogens is 311 g/mol. The van der Waals surface area contributed by atoms with Gasteiger partial charge in [-0.25, -0.2) is 4.39 Å². The Morgan fingerprint density at radius 2 is 1.67 bits per heavy atom. The molecule has 2 aromatic rings. The van der Waals surface area contributed by atoms with Gasteiger partial charge in [-0.1, -0.05) is 12.1 Å². The quantitative estimate of drug-likeness (QED) is 0.847. The molecule has 0 spiro atoms. The number of nitrogens with one attached hydrogen (secondary N) is 2. The highest BCUT2D eigenvalue weighted by Crippen LogP contribution is 2.16. The molecule has 0 saturated heterocycles. The zero-order chi connectivity index (χ0) is 17.7. The second-order valence-corrected chi connectivity index (χ2v) is 5.50. The van der Waals surface area contributed by atoms with Crippen molar-refractivity contribution in [2.75, 3.05) is 6.61 Å². The minimum atomic E-state index is -0.591. The highest BCUT2D eigenvalue weighted by Gasteiger charge is 2.11. The third kappa shape index (κ3) is 4.55. The first kappa shape index (κ1) is 17.5. The van der Waals surface area contributed by atoms with Crippen LogP contribution >= 0.6 is 0 Å². The normalized spacial score (nSPS) is 10.2. The fourth-order valence-corrected chi connectivity index (χ4v) is 2.02. The van der Waals surface area contributed by atoms with E-state index in [9.17, 15) is 14.0 Å². The molecule has 126 valence electrons. The van der Waals surface area contributed by atoms with Crippen LogP contribution in [-0.2, 0) is 4.79 Å². The molecule has 2 amide bonds. The van der Waals surface area contributed by atoms with E-state index in [0.29, 0.717) is 11.3 Å². The Labute approximate surface area is 139 Å². The summed E-state index contributed by atoms with van der Waals surface area (Å²) >= 11 is 0. The highest BCUT2D eigenvalue weighted by atomic mass is 19.1. The summed E-state index contributed by atoms with van der Waals surface area (Å²) in [6.45, 7) is 5.36. The lowest BCUT2D eigenvalue weighted by atomic mass is 10.1. The fraction of sp³-hybridized carbons (Fsp3) is 0.222. The second kappa shape index (κ2) is 7.59. The van der Waals surface area contributed by atoms with Crippen LogP contribution in [0.15, 0.2) is 36.4 Å². The number of aryl methyl sites for hydroxylation is 3. The molecule has 5 nitrogen and oxygen atoms in total. The monoisotopic (exact) mass is 330 g/mol. The first-order valence-corrected chi connectivity index (χ1v) is 7.42. The Morgan fingerprint density at radius 1 is 0.958 bits per heavy atom. The molecule has 0 atom stereocenters. The molecule has 24 heavy (non-hydrogen) atoms. The van der Waals surface area contributed by atoms with E-state index < -0.39 is 17.6 Å². The van der Waals surface area contributed by atoms with E-state index in [0.717, 1.165) is 17.2 Å². The molecule has 0 unspecified atom stereocenters. The first-order chi connectivity index (χ1) is 11.4. The van der Waals surface area contributed by atoms with Gasteiger partial charge in [0.25, 0.3) is 11.8 Å². The first-order valence-electron chi connectivity index (χ1n) is 7.42. The van der Waals surface area contributed by atoms with Crippen molar-refractivity contribution >= 4 is 11.8 Å². The average Bonchev–Trinajstić information content (AvgIpc) is 2.56. The topological polar surface area (TPSA) is 67.4 Å². The lowest BCUT2D eigenvalue weighted by Crippen LogP contribution is -2.44. The second-order valence-electron chi connectivity index (χ2n) is 5.50. The molecule has 0 aliphatic rings. The predicted molar refractivity (Wildman–Crippen MR) is 88.2 cm³/mol.